The fraction of sp³-hybridized carbons (Fsp3) is 0.571. The molecule has 1 rings (SSSR count). The Morgan fingerprint density at radius 2 is 2.40 bits per heavy atom. The van der Waals surface area contributed by atoms with E-state index in [1.807, 2.05) is 6.92 Å². The Bertz CT molecular complexity index is 185. The molecule has 0 spiro atoms. The molecule has 1 aliphatic rings. The fourth-order valence-electron chi connectivity index (χ4n) is 0.906. The third kappa shape index (κ3) is 1.04. The molecule has 3 nitrogen and oxygen atoms in total. The van der Waals surface area contributed by atoms with Gasteiger partial charge in [-0.25, -0.2) is 4.79 Å². The summed E-state index contributed by atoms with van der Waals surface area (Å²) in [4.78, 5) is 10.5. The third-order valence-corrected chi connectivity index (χ3v) is 1.54. The van der Waals surface area contributed by atoms with E-state index in [0.29, 0.717) is 0 Å². The number of carboxylic acids is 1. The Morgan fingerprint density at radius 1 is 1.80 bits per heavy atom. The first-order valence-corrected chi connectivity index (χ1v) is 3.15. The normalized spacial score (nSPS) is 38.4. The van der Waals surface area contributed by atoms with E-state index in [1.165, 1.54) is 6.92 Å². The lowest BCUT2D eigenvalue weighted by atomic mass is 10.1. The van der Waals surface area contributed by atoms with Gasteiger partial charge in [-0.1, -0.05) is 6.08 Å². The number of ether oxygens (including phenoxy) is 1. The second-order valence-electron chi connectivity index (χ2n) is 2.59. The van der Waals surface area contributed by atoms with Crippen molar-refractivity contribution in [3.63, 3.8) is 0 Å². The standard InChI is InChI=1S/C7H10O3/c1-5-3-4-7(2,10-5)6(8)9/h3-5H,1-2H3,(H,8,9). The summed E-state index contributed by atoms with van der Waals surface area (Å²) in [7, 11) is 0. The summed E-state index contributed by atoms with van der Waals surface area (Å²) in [6.07, 6.45) is 3.23. The van der Waals surface area contributed by atoms with Gasteiger partial charge in [0.15, 0.2) is 5.60 Å². The summed E-state index contributed by atoms with van der Waals surface area (Å²) >= 11 is 0. The van der Waals surface area contributed by atoms with Crippen LogP contribution >= 0.6 is 0 Å². The lowest BCUT2D eigenvalue weighted by Crippen LogP contribution is -2.34. The highest BCUT2D eigenvalue weighted by Gasteiger charge is 2.36. The molecule has 10 heavy (non-hydrogen) atoms. The monoisotopic (exact) mass is 142 g/mol. The highest BCUT2D eigenvalue weighted by atomic mass is 16.5. The maximum absolute atomic E-state index is 10.5. The molecule has 3 heteroatoms. The Labute approximate surface area is 59.3 Å². The fourth-order valence-corrected chi connectivity index (χ4v) is 0.906. The van der Waals surface area contributed by atoms with Crippen molar-refractivity contribution in [1.29, 1.82) is 0 Å². The first-order chi connectivity index (χ1) is 4.54. The van der Waals surface area contributed by atoms with Gasteiger partial charge in [-0.15, -0.1) is 0 Å². The van der Waals surface area contributed by atoms with E-state index >= 15 is 0 Å². The van der Waals surface area contributed by atoms with Crippen molar-refractivity contribution in [2.45, 2.75) is 25.6 Å². The van der Waals surface area contributed by atoms with Crippen molar-refractivity contribution < 1.29 is 14.6 Å². The zero-order valence-corrected chi connectivity index (χ0v) is 6.00. The lowest BCUT2D eigenvalue weighted by molar-refractivity contribution is -0.157. The second-order valence-corrected chi connectivity index (χ2v) is 2.59. The van der Waals surface area contributed by atoms with Crippen LogP contribution in [0.2, 0.25) is 0 Å². The molecular weight excluding hydrogens is 132 g/mol. The predicted molar refractivity (Wildman–Crippen MR) is 35.7 cm³/mol. The average molecular weight is 142 g/mol. The summed E-state index contributed by atoms with van der Waals surface area (Å²) in [5, 5.41) is 8.61. The molecule has 2 atom stereocenters. The topological polar surface area (TPSA) is 46.5 Å². The van der Waals surface area contributed by atoms with Gasteiger partial charge in [-0.05, 0) is 19.9 Å². The minimum atomic E-state index is -1.10. The molecule has 1 N–H and O–H groups in total. The maximum atomic E-state index is 10.5. The number of hydrogen-bond donors (Lipinski definition) is 1. The number of aliphatic carboxylic acids is 1. The molecule has 0 saturated carbocycles. The quantitative estimate of drug-likeness (QED) is 0.551. The smallest absolute Gasteiger partial charge is 0.339 e. The van der Waals surface area contributed by atoms with Gasteiger partial charge in [-0.2, -0.15) is 0 Å². The summed E-state index contributed by atoms with van der Waals surface area (Å²) in [6, 6.07) is 0. The summed E-state index contributed by atoms with van der Waals surface area (Å²) in [5.41, 5.74) is -1.10. The molecule has 56 valence electrons. The highest BCUT2D eigenvalue weighted by molar-refractivity contribution is 5.80. The van der Waals surface area contributed by atoms with Crippen LogP contribution in [-0.2, 0) is 9.53 Å². The SMILES string of the molecule is CC1C=CC(C)(C(=O)O)O1. The van der Waals surface area contributed by atoms with Crippen molar-refractivity contribution >= 4 is 5.97 Å². The van der Waals surface area contributed by atoms with Gasteiger partial charge in [0.25, 0.3) is 0 Å². The van der Waals surface area contributed by atoms with Crippen LogP contribution in [0.4, 0.5) is 0 Å². The Morgan fingerprint density at radius 3 is 2.60 bits per heavy atom. The third-order valence-electron chi connectivity index (χ3n) is 1.54. The molecule has 0 radical (unpaired) electrons. The van der Waals surface area contributed by atoms with E-state index in [0.717, 1.165) is 0 Å². The molecule has 2 unspecified atom stereocenters. The van der Waals surface area contributed by atoms with Crippen LogP contribution < -0.4 is 0 Å². The zero-order valence-electron chi connectivity index (χ0n) is 6.00. The molecular formula is C7H10O3. The van der Waals surface area contributed by atoms with Gasteiger partial charge < -0.3 is 9.84 Å². The Hall–Kier alpha value is -0.830. The lowest BCUT2D eigenvalue weighted by Gasteiger charge is -2.17. The number of hydrogen-bond acceptors (Lipinski definition) is 2. The Kier molecular flexibility index (Phi) is 1.52. The molecule has 0 aromatic rings. The molecule has 1 heterocycles. The average Bonchev–Trinajstić information content (AvgIpc) is 2.13. The molecule has 0 aromatic carbocycles. The Balaban J connectivity index is 2.75. The summed E-state index contributed by atoms with van der Waals surface area (Å²) < 4.78 is 5.10. The van der Waals surface area contributed by atoms with E-state index in [9.17, 15) is 4.79 Å². The van der Waals surface area contributed by atoms with Crippen LogP contribution in [0.3, 0.4) is 0 Å². The van der Waals surface area contributed by atoms with Crippen LogP contribution in [0, 0.1) is 0 Å². The van der Waals surface area contributed by atoms with Crippen LogP contribution in [0.15, 0.2) is 12.2 Å². The van der Waals surface area contributed by atoms with Crippen LogP contribution in [-0.4, -0.2) is 22.8 Å². The van der Waals surface area contributed by atoms with Crippen molar-refractivity contribution in [3.05, 3.63) is 12.2 Å². The van der Waals surface area contributed by atoms with Gasteiger partial charge in [0.2, 0.25) is 0 Å². The zero-order chi connectivity index (χ0) is 7.78. The van der Waals surface area contributed by atoms with Crippen molar-refractivity contribution in [2.75, 3.05) is 0 Å². The van der Waals surface area contributed by atoms with Crippen LogP contribution in [0.25, 0.3) is 0 Å². The van der Waals surface area contributed by atoms with Crippen LogP contribution in [0.5, 0.6) is 0 Å². The van der Waals surface area contributed by atoms with Gasteiger partial charge in [0.05, 0.1) is 6.10 Å². The number of carboxylic acid groups (broad SMARTS) is 1. The second kappa shape index (κ2) is 2.09. The van der Waals surface area contributed by atoms with Crippen molar-refractivity contribution in [3.8, 4) is 0 Å². The van der Waals surface area contributed by atoms with E-state index in [4.69, 9.17) is 9.84 Å². The maximum Gasteiger partial charge on any atom is 0.339 e. The van der Waals surface area contributed by atoms with E-state index in [2.05, 4.69) is 0 Å². The van der Waals surface area contributed by atoms with E-state index in [-0.39, 0.29) is 6.10 Å². The molecule has 0 fully saturated rings. The highest BCUT2D eigenvalue weighted by Crippen LogP contribution is 2.22. The predicted octanol–water partition coefficient (Wildman–Crippen LogP) is 0.805. The summed E-state index contributed by atoms with van der Waals surface area (Å²) in [5.74, 6) is -0.937. The molecule has 0 aromatic heterocycles. The minimum absolute atomic E-state index is 0.0823. The summed E-state index contributed by atoms with van der Waals surface area (Å²) in [6.45, 7) is 3.35. The largest absolute Gasteiger partial charge is 0.479 e. The number of rotatable bonds is 1. The van der Waals surface area contributed by atoms with E-state index < -0.39 is 11.6 Å². The van der Waals surface area contributed by atoms with Crippen LogP contribution in [0.1, 0.15) is 13.8 Å². The molecule has 1 aliphatic heterocycles. The van der Waals surface area contributed by atoms with Gasteiger partial charge >= 0.3 is 5.97 Å². The van der Waals surface area contributed by atoms with Crippen molar-refractivity contribution in [1.82, 2.24) is 0 Å². The molecule has 0 saturated heterocycles. The van der Waals surface area contributed by atoms with E-state index in [1.54, 1.807) is 12.2 Å². The van der Waals surface area contributed by atoms with Gasteiger partial charge in [0, 0.05) is 0 Å². The minimum Gasteiger partial charge on any atom is -0.479 e. The first kappa shape index (κ1) is 7.28. The van der Waals surface area contributed by atoms with Gasteiger partial charge in [-0.3, -0.25) is 0 Å². The molecule has 0 bridgehead atoms. The number of carbonyl (C=O) groups is 1. The first-order valence-electron chi connectivity index (χ1n) is 3.15. The molecule has 0 amide bonds. The van der Waals surface area contributed by atoms with Crippen molar-refractivity contribution in [2.24, 2.45) is 0 Å². The molecule has 0 aliphatic carbocycles. The van der Waals surface area contributed by atoms with Gasteiger partial charge in [0.1, 0.15) is 0 Å².